The lowest BCUT2D eigenvalue weighted by molar-refractivity contribution is -0.115. The van der Waals surface area contributed by atoms with Gasteiger partial charge >= 0.3 is 0 Å². The molecule has 3 heterocycles. The molecule has 1 atom stereocenters. The van der Waals surface area contributed by atoms with Crippen LogP contribution in [0.5, 0.6) is 0 Å². The molecule has 2 aliphatic rings. The van der Waals surface area contributed by atoms with E-state index in [0.29, 0.717) is 15.7 Å². The highest BCUT2D eigenvalue weighted by Gasteiger charge is 2.41. The van der Waals surface area contributed by atoms with Crippen molar-refractivity contribution >= 4 is 46.8 Å². The van der Waals surface area contributed by atoms with Gasteiger partial charge in [0.2, 0.25) is 0 Å². The number of aliphatic hydroxyl groups excluding tert-OH is 1. The number of aromatic nitrogens is 1. The molecule has 2 aliphatic heterocycles. The molecule has 0 fully saturated rings. The minimum atomic E-state index is -0.918. The molecule has 0 saturated carbocycles. The second kappa shape index (κ2) is 4.77. The molecular weight excluding hydrogens is 292 g/mol. The molecule has 0 saturated heterocycles. The summed E-state index contributed by atoms with van der Waals surface area (Å²) in [6, 6.07) is 3.29. The first kappa shape index (κ1) is 12.3. The molecule has 1 aromatic rings. The third kappa shape index (κ3) is 1.93. The van der Waals surface area contributed by atoms with Crippen molar-refractivity contribution in [1.29, 1.82) is 0 Å². The van der Waals surface area contributed by atoms with Gasteiger partial charge in [0.05, 0.1) is 14.8 Å². The monoisotopic (exact) mass is 300 g/mol. The van der Waals surface area contributed by atoms with Crippen LogP contribution < -0.4 is 4.90 Å². The molecule has 1 aromatic heterocycles. The maximum Gasteiger partial charge on any atom is 0.269 e. The van der Waals surface area contributed by atoms with Crippen molar-refractivity contribution in [3.05, 3.63) is 33.2 Å². The average Bonchev–Trinajstić information content (AvgIpc) is 2.64. The van der Waals surface area contributed by atoms with Crippen LogP contribution in [0.25, 0.3) is 0 Å². The third-order valence-electron chi connectivity index (χ3n) is 2.66. The summed E-state index contributed by atoms with van der Waals surface area (Å²) in [5, 5.41) is 10.7. The summed E-state index contributed by atoms with van der Waals surface area (Å²) < 4.78 is 0. The topological polar surface area (TPSA) is 53.4 Å². The molecule has 0 spiro atoms. The van der Waals surface area contributed by atoms with Gasteiger partial charge < -0.3 is 5.11 Å². The average molecular weight is 301 g/mol. The zero-order valence-electron chi connectivity index (χ0n) is 9.17. The molecule has 1 N–H and O–H groups in total. The van der Waals surface area contributed by atoms with Crippen molar-refractivity contribution < 1.29 is 9.90 Å². The summed E-state index contributed by atoms with van der Waals surface area (Å²) in [5.74, 6) is 2.05. The van der Waals surface area contributed by atoms with Crippen molar-refractivity contribution in [3.63, 3.8) is 0 Å². The van der Waals surface area contributed by atoms with Gasteiger partial charge in [-0.1, -0.05) is 11.6 Å². The molecule has 1 amide bonds. The molecule has 3 rings (SSSR count). The maximum absolute atomic E-state index is 12.2. The van der Waals surface area contributed by atoms with Crippen LogP contribution in [0.1, 0.15) is 0 Å². The SMILES string of the molecule is O=C1C2=C(SCCS2)C(O)N1c1ccc(Cl)cn1. The van der Waals surface area contributed by atoms with E-state index in [0.717, 1.165) is 16.4 Å². The lowest BCUT2D eigenvalue weighted by atomic mass is 10.4. The highest BCUT2D eigenvalue weighted by Crippen LogP contribution is 2.43. The molecule has 0 bridgehead atoms. The van der Waals surface area contributed by atoms with Crippen LogP contribution >= 0.6 is 35.1 Å². The van der Waals surface area contributed by atoms with E-state index in [2.05, 4.69) is 4.98 Å². The summed E-state index contributed by atoms with van der Waals surface area (Å²) in [7, 11) is 0. The Balaban J connectivity index is 1.96. The van der Waals surface area contributed by atoms with Gasteiger partial charge in [-0.25, -0.2) is 4.98 Å². The van der Waals surface area contributed by atoms with Crippen LogP contribution in [0.2, 0.25) is 5.02 Å². The van der Waals surface area contributed by atoms with Gasteiger partial charge in [-0.3, -0.25) is 9.69 Å². The van der Waals surface area contributed by atoms with E-state index in [4.69, 9.17) is 11.6 Å². The lowest BCUT2D eigenvalue weighted by Gasteiger charge is -2.20. The normalized spacial score (nSPS) is 23.6. The summed E-state index contributed by atoms with van der Waals surface area (Å²) >= 11 is 8.81. The number of anilines is 1. The Morgan fingerprint density at radius 1 is 1.39 bits per heavy atom. The van der Waals surface area contributed by atoms with Crippen LogP contribution in [0.4, 0.5) is 5.82 Å². The summed E-state index contributed by atoms with van der Waals surface area (Å²) in [6.07, 6.45) is 0.549. The minimum absolute atomic E-state index is 0.176. The molecule has 4 nitrogen and oxygen atoms in total. The number of aliphatic hydroxyl groups is 1. The predicted molar refractivity (Wildman–Crippen MR) is 74.7 cm³/mol. The Morgan fingerprint density at radius 2 is 2.17 bits per heavy atom. The zero-order chi connectivity index (χ0) is 12.7. The third-order valence-corrected chi connectivity index (χ3v) is 5.50. The first-order valence-corrected chi connectivity index (χ1v) is 7.66. The molecular formula is C11H9ClN2O2S2. The number of amides is 1. The fourth-order valence-electron chi connectivity index (χ4n) is 1.87. The van der Waals surface area contributed by atoms with E-state index in [-0.39, 0.29) is 5.91 Å². The Hall–Kier alpha value is -0.690. The Bertz CT molecular complexity index is 532. The van der Waals surface area contributed by atoms with Crippen molar-refractivity contribution in [2.45, 2.75) is 6.23 Å². The number of pyridine rings is 1. The van der Waals surface area contributed by atoms with Crippen LogP contribution in [0.15, 0.2) is 28.1 Å². The molecule has 94 valence electrons. The number of thioether (sulfide) groups is 2. The van der Waals surface area contributed by atoms with Crippen molar-refractivity contribution in [2.75, 3.05) is 16.4 Å². The first-order chi connectivity index (χ1) is 8.68. The zero-order valence-corrected chi connectivity index (χ0v) is 11.6. The number of carbonyl (C=O) groups is 1. The van der Waals surface area contributed by atoms with Gasteiger partial charge in [0.15, 0.2) is 6.23 Å². The number of hydrogen-bond acceptors (Lipinski definition) is 5. The molecule has 0 radical (unpaired) electrons. The highest BCUT2D eigenvalue weighted by molar-refractivity contribution is 8.10. The smallest absolute Gasteiger partial charge is 0.269 e. The van der Waals surface area contributed by atoms with E-state index in [1.807, 2.05) is 0 Å². The van der Waals surface area contributed by atoms with Gasteiger partial charge in [0.1, 0.15) is 5.82 Å². The van der Waals surface area contributed by atoms with Crippen molar-refractivity contribution in [3.8, 4) is 0 Å². The summed E-state index contributed by atoms with van der Waals surface area (Å²) in [6.45, 7) is 0. The molecule has 0 aliphatic carbocycles. The fourth-order valence-corrected chi connectivity index (χ4v) is 4.37. The molecule has 1 unspecified atom stereocenters. The number of carbonyl (C=O) groups excluding carboxylic acids is 1. The summed E-state index contributed by atoms with van der Waals surface area (Å²) in [4.78, 5) is 19.0. The number of nitrogens with zero attached hydrogens (tertiary/aromatic N) is 2. The molecule has 7 heteroatoms. The maximum atomic E-state index is 12.2. The van der Waals surface area contributed by atoms with Crippen molar-refractivity contribution in [1.82, 2.24) is 4.98 Å². The molecule has 0 aromatic carbocycles. The van der Waals surface area contributed by atoms with Gasteiger partial charge in [-0.2, -0.15) is 0 Å². The van der Waals surface area contributed by atoms with E-state index in [9.17, 15) is 9.90 Å². The minimum Gasteiger partial charge on any atom is -0.368 e. The number of halogens is 1. The van der Waals surface area contributed by atoms with Gasteiger partial charge in [0.25, 0.3) is 5.91 Å². The van der Waals surface area contributed by atoms with E-state index < -0.39 is 6.23 Å². The van der Waals surface area contributed by atoms with Gasteiger partial charge in [0, 0.05) is 17.7 Å². The Kier molecular flexibility index (Phi) is 3.27. The number of rotatable bonds is 1. The highest BCUT2D eigenvalue weighted by atomic mass is 35.5. The van der Waals surface area contributed by atoms with E-state index in [1.165, 1.54) is 34.6 Å². The largest absolute Gasteiger partial charge is 0.368 e. The number of hydrogen-bond donors (Lipinski definition) is 1. The van der Waals surface area contributed by atoms with Crippen LogP contribution in [0, 0.1) is 0 Å². The van der Waals surface area contributed by atoms with Crippen LogP contribution in [-0.4, -0.2) is 33.7 Å². The van der Waals surface area contributed by atoms with Crippen molar-refractivity contribution in [2.24, 2.45) is 0 Å². The quantitative estimate of drug-likeness (QED) is 0.861. The first-order valence-electron chi connectivity index (χ1n) is 5.31. The standard InChI is InChI=1S/C11H9ClN2O2S2/c12-6-1-2-7(13-5-6)14-10(15)8-9(11(14)16)18-4-3-17-8/h1-2,5,10,15H,3-4H2. The molecule has 18 heavy (non-hydrogen) atoms. The van der Waals surface area contributed by atoms with E-state index in [1.54, 1.807) is 12.1 Å². The summed E-state index contributed by atoms with van der Waals surface area (Å²) in [5.41, 5.74) is 0. The van der Waals surface area contributed by atoms with E-state index >= 15 is 0 Å². The van der Waals surface area contributed by atoms with Gasteiger partial charge in [-0.15, -0.1) is 23.5 Å². The second-order valence-electron chi connectivity index (χ2n) is 3.77. The van der Waals surface area contributed by atoms with Crippen LogP contribution in [-0.2, 0) is 4.79 Å². The van der Waals surface area contributed by atoms with Crippen LogP contribution in [0.3, 0.4) is 0 Å². The Morgan fingerprint density at radius 3 is 2.83 bits per heavy atom. The predicted octanol–water partition coefficient (Wildman–Crippen LogP) is 2.09. The second-order valence-corrected chi connectivity index (χ2v) is 6.45. The van der Waals surface area contributed by atoms with Gasteiger partial charge in [-0.05, 0) is 12.1 Å². The lowest BCUT2D eigenvalue weighted by Crippen LogP contribution is -2.35. The fraction of sp³-hybridized carbons (Fsp3) is 0.273. The Labute approximate surface area is 117 Å².